The van der Waals surface area contributed by atoms with Crippen LogP contribution < -0.4 is 5.48 Å². The van der Waals surface area contributed by atoms with Crippen molar-refractivity contribution in [2.45, 2.75) is 58.4 Å². The molecule has 0 bridgehead atoms. The molecule has 0 aliphatic heterocycles. The van der Waals surface area contributed by atoms with E-state index in [1.165, 1.54) is 44.0 Å². The summed E-state index contributed by atoms with van der Waals surface area (Å²) < 4.78 is 2.43. The van der Waals surface area contributed by atoms with Crippen molar-refractivity contribution < 1.29 is 10.0 Å². The van der Waals surface area contributed by atoms with Crippen LogP contribution in [0.1, 0.15) is 63.3 Å². The van der Waals surface area contributed by atoms with Crippen LogP contribution in [-0.4, -0.2) is 46.2 Å². The van der Waals surface area contributed by atoms with Gasteiger partial charge in [0.05, 0.1) is 11.0 Å². The molecule has 0 radical (unpaired) electrons. The zero-order valence-electron chi connectivity index (χ0n) is 18.1. The van der Waals surface area contributed by atoms with Crippen molar-refractivity contribution in [3.63, 3.8) is 0 Å². The van der Waals surface area contributed by atoms with E-state index in [9.17, 15) is 4.79 Å². The summed E-state index contributed by atoms with van der Waals surface area (Å²) in [5.74, 6) is 1.19. The van der Waals surface area contributed by atoms with Gasteiger partial charge in [-0.2, -0.15) is 0 Å². The van der Waals surface area contributed by atoms with E-state index in [0.29, 0.717) is 5.92 Å². The number of nitrogens with zero attached hydrogens (tertiary/aromatic N) is 3. The molecule has 1 aliphatic carbocycles. The summed E-state index contributed by atoms with van der Waals surface area (Å²) in [5.41, 5.74) is 4.76. The number of fused-ring (bicyclic) bond motifs is 1. The first-order valence-electron chi connectivity index (χ1n) is 10.6. The number of carbonyl (C=O) groups excluding carboxylic acids is 1. The van der Waals surface area contributed by atoms with Crippen molar-refractivity contribution in [3.8, 4) is 0 Å². The summed E-state index contributed by atoms with van der Waals surface area (Å²) in [5, 5.41) is 8.67. The van der Waals surface area contributed by atoms with Crippen molar-refractivity contribution in [2.24, 2.45) is 5.41 Å². The van der Waals surface area contributed by atoms with Gasteiger partial charge in [-0.3, -0.25) is 10.0 Å². The maximum absolute atomic E-state index is 11.3. The Kier molecular flexibility index (Phi) is 6.75. The zero-order chi connectivity index (χ0) is 21.0. The quantitative estimate of drug-likeness (QED) is 0.417. The number of hydrogen-bond acceptors (Lipinski definition) is 4. The van der Waals surface area contributed by atoms with E-state index in [0.717, 1.165) is 29.7 Å². The number of amides is 1. The van der Waals surface area contributed by atoms with Crippen LogP contribution >= 0.6 is 0 Å². The number of hydrogen-bond donors (Lipinski definition) is 2. The number of aromatic nitrogens is 2. The minimum Gasteiger partial charge on any atom is -0.327 e. The highest BCUT2D eigenvalue weighted by Gasteiger charge is 2.27. The minimum atomic E-state index is -0.538. The predicted octanol–water partition coefficient (Wildman–Crippen LogP) is 4.19. The summed E-state index contributed by atoms with van der Waals surface area (Å²) >= 11 is 0. The molecule has 1 aromatic carbocycles. The van der Waals surface area contributed by atoms with Gasteiger partial charge in [-0.15, -0.1) is 0 Å². The maximum Gasteiger partial charge on any atom is 0.267 e. The van der Waals surface area contributed by atoms with Crippen LogP contribution in [0, 0.1) is 5.41 Å². The van der Waals surface area contributed by atoms with Crippen molar-refractivity contribution in [2.75, 3.05) is 20.6 Å². The molecule has 2 aromatic rings. The topological polar surface area (TPSA) is 70.4 Å². The molecular formula is C23H34N4O2. The number of hydroxylamine groups is 1. The van der Waals surface area contributed by atoms with Gasteiger partial charge in [0.15, 0.2) is 0 Å². The predicted molar refractivity (Wildman–Crippen MR) is 117 cm³/mol. The second kappa shape index (κ2) is 9.09. The summed E-state index contributed by atoms with van der Waals surface area (Å²) in [7, 11) is 4.24. The SMILES string of the molecule is CN(C)CC(C)(C)Cn1c(C2CCCCC2)nc2cc(C=CC(=O)NO)ccc21. The van der Waals surface area contributed by atoms with Gasteiger partial charge in [0.25, 0.3) is 5.91 Å². The number of benzene rings is 1. The molecule has 1 fully saturated rings. The Hall–Kier alpha value is -2.18. The second-order valence-corrected chi connectivity index (χ2v) is 9.35. The standard InChI is InChI=1S/C23H34N4O2/c1-23(2,15-26(3)4)16-27-20-12-10-17(11-13-21(28)25-29)14-19(20)24-22(27)18-8-6-5-7-9-18/h10-14,18,29H,5-9,15-16H2,1-4H3,(H,25,28). The van der Waals surface area contributed by atoms with Gasteiger partial charge < -0.3 is 9.47 Å². The molecule has 1 aliphatic rings. The van der Waals surface area contributed by atoms with E-state index >= 15 is 0 Å². The summed E-state index contributed by atoms with van der Waals surface area (Å²) in [4.78, 5) is 18.6. The molecule has 6 nitrogen and oxygen atoms in total. The van der Waals surface area contributed by atoms with E-state index < -0.39 is 5.91 Å². The Labute approximate surface area is 173 Å². The van der Waals surface area contributed by atoms with E-state index in [1.54, 1.807) is 11.6 Å². The Morgan fingerprint density at radius 1 is 1.31 bits per heavy atom. The Balaban J connectivity index is 2.00. The van der Waals surface area contributed by atoms with Gasteiger partial charge in [0.1, 0.15) is 5.82 Å². The first kappa shape index (κ1) is 21.5. The summed E-state index contributed by atoms with van der Waals surface area (Å²) in [6, 6.07) is 6.14. The normalized spacial score (nSPS) is 16.2. The van der Waals surface area contributed by atoms with Crippen molar-refractivity contribution in [3.05, 3.63) is 35.7 Å². The first-order valence-corrected chi connectivity index (χ1v) is 10.6. The largest absolute Gasteiger partial charge is 0.327 e. The fraction of sp³-hybridized carbons (Fsp3) is 0.565. The molecule has 0 saturated heterocycles. The fourth-order valence-corrected chi connectivity index (χ4v) is 4.65. The smallest absolute Gasteiger partial charge is 0.267 e. The van der Waals surface area contributed by atoms with Gasteiger partial charge in [-0.05, 0) is 56.1 Å². The van der Waals surface area contributed by atoms with Crippen LogP contribution in [0.3, 0.4) is 0 Å². The third-order valence-electron chi connectivity index (χ3n) is 5.64. The Morgan fingerprint density at radius 2 is 2.03 bits per heavy atom. The average molecular weight is 399 g/mol. The highest BCUT2D eigenvalue weighted by atomic mass is 16.5. The van der Waals surface area contributed by atoms with Gasteiger partial charge in [0, 0.05) is 25.1 Å². The van der Waals surface area contributed by atoms with Crippen LogP contribution in [0.2, 0.25) is 0 Å². The number of imidazole rings is 1. The molecule has 0 atom stereocenters. The van der Waals surface area contributed by atoms with Crippen molar-refractivity contribution in [1.82, 2.24) is 19.9 Å². The number of nitrogens with one attached hydrogen (secondary N) is 1. The fourth-order valence-electron chi connectivity index (χ4n) is 4.65. The van der Waals surface area contributed by atoms with Gasteiger partial charge in [-0.1, -0.05) is 39.2 Å². The van der Waals surface area contributed by atoms with Crippen molar-refractivity contribution >= 4 is 23.0 Å². The lowest BCUT2D eigenvalue weighted by atomic mass is 9.88. The van der Waals surface area contributed by atoms with Crippen LogP contribution in [0.4, 0.5) is 0 Å². The van der Waals surface area contributed by atoms with Gasteiger partial charge in [-0.25, -0.2) is 10.5 Å². The maximum atomic E-state index is 11.3. The lowest BCUT2D eigenvalue weighted by Crippen LogP contribution is -2.33. The molecule has 6 heteroatoms. The molecule has 1 amide bonds. The van der Waals surface area contributed by atoms with Gasteiger partial charge >= 0.3 is 0 Å². The molecular weight excluding hydrogens is 364 g/mol. The number of rotatable bonds is 7. The van der Waals surface area contributed by atoms with Crippen LogP contribution in [0.25, 0.3) is 17.1 Å². The van der Waals surface area contributed by atoms with E-state index in [1.807, 2.05) is 12.1 Å². The molecule has 0 spiro atoms. The van der Waals surface area contributed by atoms with E-state index in [-0.39, 0.29) is 5.41 Å². The van der Waals surface area contributed by atoms with Crippen LogP contribution in [-0.2, 0) is 11.3 Å². The molecule has 1 aromatic heterocycles. The minimum absolute atomic E-state index is 0.123. The summed E-state index contributed by atoms with van der Waals surface area (Å²) in [6.45, 7) is 6.56. The van der Waals surface area contributed by atoms with Crippen LogP contribution in [0.15, 0.2) is 24.3 Å². The third-order valence-corrected chi connectivity index (χ3v) is 5.64. The lowest BCUT2D eigenvalue weighted by Gasteiger charge is -2.31. The molecule has 29 heavy (non-hydrogen) atoms. The van der Waals surface area contributed by atoms with Crippen molar-refractivity contribution in [1.29, 1.82) is 0 Å². The molecule has 2 N–H and O–H groups in total. The third kappa shape index (κ3) is 5.46. The Bertz CT molecular complexity index is 876. The Morgan fingerprint density at radius 3 is 2.69 bits per heavy atom. The second-order valence-electron chi connectivity index (χ2n) is 9.35. The first-order chi connectivity index (χ1) is 13.8. The molecule has 1 heterocycles. The number of carbonyl (C=O) groups is 1. The highest BCUT2D eigenvalue weighted by Crippen LogP contribution is 2.35. The van der Waals surface area contributed by atoms with E-state index in [4.69, 9.17) is 10.2 Å². The molecule has 3 rings (SSSR count). The molecule has 1 saturated carbocycles. The monoisotopic (exact) mass is 398 g/mol. The zero-order valence-corrected chi connectivity index (χ0v) is 18.1. The summed E-state index contributed by atoms with van der Waals surface area (Å²) in [6.07, 6.45) is 9.31. The molecule has 0 unspecified atom stereocenters. The van der Waals surface area contributed by atoms with Crippen LogP contribution in [0.5, 0.6) is 0 Å². The lowest BCUT2D eigenvalue weighted by molar-refractivity contribution is -0.124. The average Bonchev–Trinajstić information content (AvgIpc) is 3.02. The molecule has 158 valence electrons. The van der Waals surface area contributed by atoms with E-state index in [2.05, 4.69) is 43.5 Å². The highest BCUT2D eigenvalue weighted by molar-refractivity contribution is 5.91. The van der Waals surface area contributed by atoms with Gasteiger partial charge in [0.2, 0.25) is 0 Å².